The lowest BCUT2D eigenvalue weighted by Crippen LogP contribution is -2.30. The lowest BCUT2D eigenvalue weighted by Gasteiger charge is -2.20. The fourth-order valence-corrected chi connectivity index (χ4v) is 6.33. The minimum atomic E-state index is -3.51. The Morgan fingerprint density at radius 3 is 2.46 bits per heavy atom. The maximum absolute atomic E-state index is 13.3. The molecule has 2 aromatic heterocycles. The highest BCUT2D eigenvalue weighted by Gasteiger charge is 2.22. The van der Waals surface area contributed by atoms with E-state index in [2.05, 4.69) is 17.1 Å². The molecular weight excluding hydrogens is 482 g/mol. The van der Waals surface area contributed by atoms with Crippen LogP contribution in [0.15, 0.2) is 65.8 Å². The molecule has 7 nitrogen and oxygen atoms in total. The zero-order valence-corrected chi connectivity index (χ0v) is 21.5. The summed E-state index contributed by atoms with van der Waals surface area (Å²) in [4.78, 5) is 24.0. The first-order valence-electron chi connectivity index (χ1n) is 11.2. The Kier molecular flexibility index (Phi) is 7.47. The van der Waals surface area contributed by atoms with Crippen molar-refractivity contribution in [3.05, 3.63) is 77.6 Å². The zero-order chi connectivity index (χ0) is 25.0. The number of aromatic nitrogens is 2. The van der Waals surface area contributed by atoms with Gasteiger partial charge in [-0.25, -0.2) is 13.4 Å². The smallest absolute Gasteiger partial charge is 0.229 e. The topological polar surface area (TPSA) is 89.5 Å². The van der Waals surface area contributed by atoms with Crippen molar-refractivity contribution < 1.29 is 17.9 Å². The number of aryl methyl sites for hydroxylation is 2. The van der Waals surface area contributed by atoms with E-state index in [0.29, 0.717) is 17.4 Å². The van der Waals surface area contributed by atoms with Gasteiger partial charge in [0.15, 0.2) is 15.0 Å². The van der Waals surface area contributed by atoms with Crippen molar-refractivity contribution in [3.8, 4) is 5.75 Å². The molecule has 0 aliphatic rings. The number of methoxy groups -OCH3 is 1. The Labute approximate surface area is 209 Å². The zero-order valence-electron chi connectivity index (χ0n) is 19.9. The Morgan fingerprint density at radius 1 is 1.06 bits per heavy atom. The second-order valence-electron chi connectivity index (χ2n) is 8.36. The van der Waals surface area contributed by atoms with Gasteiger partial charge in [-0.05, 0) is 79.4 Å². The van der Waals surface area contributed by atoms with Crippen molar-refractivity contribution in [1.29, 1.82) is 0 Å². The molecule has 0 saturated heterocycles. The SMILES string of the molecule is COc1ccc(S(=O)(=O)CCCC(=O)N(Cc2ccncc2)c2nc3c(C)cc(C)cc3s2)cc1. The second-order valence-corrected chi connectivity index (χ2v) is 11.5. The molecule has 2 aromatic carbocycles. The van der Waals surface area contributed by atoms with E-state index in [1.807, 2.05) is 26.0 Å². The first-order chi connectivity index (χ1) is 16.8. The monoisotopic (exact) mass is 509 g/mol. The van der Waals surface area contributed by atoms with Crippen LogP contribution in [-0.2, 0) is 21.2 Å². The van der Waals surface area contributed by atoms with E-state index in [0.717, 1.165) is 26.9 Å². The Hall–Kier alpha value is -3.30. The standard InChI is InChI=1S/C26H27N3O4S2/c1-18-15-19(2)25-23(16-18)34-26(28-25)29(17-20-10-12-27-13-11-20)24(30)5-4-14-35(31,32)22-8-6-21(33-3)7-9-22/h6-13,15-16H,4-5,14,17H2,1-3H3. The highest BCUT2D eigenvalue weighted by molar-refractivity contribution is 7.91. The van der Waals surface area contributed by atoms with Crippen LogP contribution in [0.2, 0.25) is 0 Å². The molecule has 0 saturated carbocycles. The summed E-state index contributed by atoms with van der Waals surface area (Å²) in [6.45, 7) is 4.39. The van der Waals surface area contributed by atoms with Crippen LogP contribution in [0.5, 0.6) is 5.75 Å². The first-order valence-corrected chi connectivity index (χ1v) is 13.7. The molecule has 9 heteroatoms. The van der Waals surface area contributed by atoms with Gasteiger partial charge in [0.05, 0.1) is 34.5 Å². The first kappa shape index (κ1) is 24.8. The molecule has 182 valence electrons. The van der Waals surface area contributed by atoms with Crippen molar-refractivity contribution in [2.45, 2.75) is 38.1 Å². The lowest BCUT2D eigenvalue weighted by molar-refractivity contribution is -0.118. The summed E-state index contributed by atoms with van der Waals surface area (Å²) in [5, 5.41) is 0.605. The number of amides is 1. The number of nitrogens with zero attached hydrogens (tertiary/aromatic N) is 3. The van der Waals surface area contributed by atoms with E-state index in [4.69, 9.17) is 9.72 Å². The van der Waals surface area contributed by atoms with Crippen molar-refractivity contribution in [3.63, 3.8) is 0 Å². The number of sulfone groups is 1. The average Bonchev–Trinajstić information content (AvgIpc) is 3.27. The molecule has 4 aromatic rings. The van der Waals surface area contributed by atoms with Crippen LogP contribution in [0.4, 0.5) is 5.13 Å². The predicted octanol–water partition coefficient (Wildman–Crippen LogP) is 5.10. The molecule has 0 unspecified atom stereocenters. The van der Waals surface area contributed by atoms with Crippen LogP contribution in [0.1, 0.15) is 29.5 Å². The van der Waals surface area contributed by atoms with E-state index in [1.54, 1.807) is 29.4 Å². The molecule has 0 fully saturated rings. The Bertz CT molecular complexity index is 1430. The fourth-order valence-electron chi connectivity index (χ4n) is 3.86. The number of fused-ring (bicyclic) bond motifs is 1. The van der Waals surface area contributed by atoms with Gasteiger partial charge < -0.3 is 4.74 Å². The van der Waals surface area contributed by atoms with Gasteiger partial charge in [0, 0.05) is 18.8 Å². The van der Waals surface area contributed by atoms with Gasteiger partial charge in [0.25, 0.3) is 0 Å². The van der Waals surface area contributed by atoms with Crippen LogP contribution in [0, 0.1) is 13.8 Å². The largest absolute Gasteiger partial charge is 0.497 e. The maximum Gasteiger partial charge on any atom is 0.229 e. The van der Waals surface area contributed by atoms with Gasteiger partial charge in [-0.2, -0.15) is 0 Å². The summed E-state index contributed by atoms with van der Waals surface area (Å²) in [5.74, 6) is 0.305. The summed E-state index contributed by atoms with van der Waals surface area (Å²) in [5.41, 5.74) is 4.00. The van der Waals surface area contributed by atoms with Gasteiger partial charge in [-0.15, -0.1) is 0 Å². The Morgan fingerprint density at radius 2 is 1.77 bits per heavy atom. The third-order valence-corrected chi connectivity index (χ3v) is 8.50. The predicted molar refractivity (Wildman–Crippen MR) is 139 cm³/mol. The van der Waals surface area contributed by atoms with E-state index in [9.17, 15) is 13.2 Å². The van der Waals surface area contributed by atoms with E-state index in [1.165, 1.54) is 30.6 Å². The molecule has 0 atom stereocenters. The van der Waals surface area contributed by atoms with E-state index >= 15 is 0 Å². The third kappa shape index (κ3) is 5.86. The number of rotatable bonds is 9. The van der Waals surface area contributed by atoms with Gasteiger partial charge >= 0.3 is 0 Å². The quantitative estimate of drug-likeness (QED) is 0.312. The molecule has 1 amide bonds. The lowest BCUT2D eigenvalue weighted by atomic mass is 10.1. The van der Waals surface area contributed by atoms with Crippen LogP contribution in [0.3, 0.4) is 0 Å². The number of anilines is 1. The van der Waals surface area contributed by atoms with E-state index in [-0.39, 0.29) is 29.4 Å². The number of pyridine rings is 1. The normalized spacial score (nSPS) is 11.5. The molecule has 0 radical (unpaired) electrons. The summed E-state index contributed by atoms with van der Waals surface area (Å²) in [6, 6.07) is 14.1. The molecular formula is C26H27N3O4S2. The number of hydrogen-bond donors (Lipinski definition) is 0. The highest BCUT2D eigenvalue weighted by atomic mass is 32.2. The molecule has 0 aliphatic carbocycles. The number of hydrogen-bond acceptors (Lipinski definition) is 7. The number of thiazole rings is 1. The number of benzene rings is 2. The van der Waals surface area contributed by atoms with Crippen LogP contribution in [-0.4, -0.2) is 37.2 Å². The molecule has 4 rings (SSSR count). The van der Waals surface area contributed by atoms with Gasteiger partial charge in [-0.3, -0.25) is 14.7 Å². The van der Waals surface area contributed by atoms with Crippen molar-refractivity contribution in [1.82, 2.24) is 9.97 Å². The summed E-state index contributed by atoms with van der Waals surface area (Å²) in [7, 11) is -1.98. The number of ether oxygens (including phenoxy) is 1. The van der Waals surface area contributed by atoms with Crippen molar-refractivity contribution in [2.24, 2.45) is 0 Å². The molecule has 2 heterocycles. The molecule has 0 aliphatic heterocycles. The van der Waals surface area contributed by atoms with E-state index < -0.39 is 9.84 Å². The molecule has 0 bridgehead atoms. The van der Waals surface area contributed by atoms with Gasteiger partial charge in [0.2, 0.25) is 5.91 Å². The molecule has 35 heavy (non-hydrogen) atoms. The summed E-state index contributed by atoms with van der Waals surface area (Å²) in [6.07, 6.45) is 3.67. The second kappa shape index (κ2) is 10.5. The fraction of sp³-hybridized carbons (Fsp3) is 0.269. The van der Waals surface area contributed by atoms with Crippen molar-refractivity contribution >= 4 is 42.4 Å². The molecule has 0 N–H and O–H groups in total. The minimum Gasteiger partial charge on any atom is -0.497 e. The van der Waals surface area contributed by atoms with Gasteiger partial charge in [0.1, 0.15) is 5.75 Å². The maximum atomic E-state index is 13.3. The number of carbonyl (C=O) groups is 1. The average molecular weight is 510 g/mol. The minimum absolute atomic E-state index is 0.0917. The molecule has 0 spiro atoms. The van der Waals surface area contributed by atoms with Gasteiger partial charge in [-0.1, -0.05) is 17.4 Å². The third-order valence-electron chi connectivity index (χ3n) is 5.66. The number of carbonyl (C=O) groups excluding carboxylic acids is 1. The Balaban J connectivity index is 1.53. The summed E-state index contributed by atoms with van der Waals surface area (Å²) < 4.78 is 31.6. The van der Waals surface area contributed by atoms with Crippen LogP contribution < -0.4 is 9.64 Å². The highest BCUT2D eigenvalue weighted by Crippen LogP contribution is 2.33. The van der Waals surface area contributed by atoms with Crippen LogP contribution >= 0.6 is 11.3 Å². The summed E-state index contributed by atoms with van der Waals surface area (Å²) >= 11 is 1.47. The van der Waals surface area contributed by atoms with Crippen molar-refractivity contribution in [2.75, 3.05) is 17.8 Å². The van der Waals surface area contributed by atoms with Crippen LogP contribution in [0.25, 0.3) is 10.2 Å².